The number of amides is 2. The zero-order valence-electron chi connectivity index (χ0n) is 16.8. The van der Waals surface area contributed by atoms with Gasteiger partial charge in [-0.25, -0.2) is 4.39 Å². The normalized spacial score (nSPS) is 14.5. The second-order valence-electron chi connectivity index (χ2n) is 7.41. The molecule has 1 aliphatic heterocycles. The maximum atomic E-state index is 13.4. The van der Waals surface area contributed by atoms with Crippen molar-refractivity contribution < 1.29 is 14.0 Å². The predicted octanol–water partition coefficient (Wildman–Crippen LogP) is 4.35. The molecular formula is C23H28FN3O2. The summed E-state index contributed by atoms with van der Waals surface area (Å²) in [5.74, 6) is -1.20. The van der Waals surface area contributed by atoms with Crippen molar-refractivity contribution in [3.63, 3.8) is 0 Å². The van der Waals surface area contributed by atoms with Gasteiger partial charge in [0.25, 0.3) is 5.91 Å². The maximum Gasteiger partial charge on any atom is 0.252 e. The molecule has 1 aliphatic rings. The molecule has 2 amide bonds. The fourth-order valence-corrected chi connectivity index (χ4v) is 3.53. The number of nitrogens with zero attached hydrogens (tertiary/aromatic N) is 1. The lowest BCUT2D eigenvalue weighted by molar-refractivity contribution is -0.118. The lowest BCUT2D eigenvalue weighted by Gasteiger charge is -2.21. The molecule has 1 atom stereocenters. The average molecular weight is 397 g/mol. The first-order chi connectivity index (χ1) is 14.1. The lowest BCUT2D eigenvalue weighted by Crippen LogP contribution is -2.43. The van der Waals surface area contributed by atoms with E-state index in [0.717, 1.165) is 31.6 Å². The summed E-state index contributed by atoms with van der Waals surface area (Å²) in [7, 11) is 0. The monoisotopic (exact) mass is 397 g/mol. The highest BCUT2D eigenvalue weighted by Crippen LogP contribution is 2.23. The minimum atomic E-state index is -0.679. The third-order valence-corrected chi connectivity index (χ3v) is 5.14. The Kier molecular flexibility index (Phi) is 7.22. The Balaban J connectivity index is 1.68. The van der Waals surface area contributed by atoms with E-state index in [1.54, 1.807) is 0 Å². The zero-order valence-corrected chi connectivity index (χ0v) is 16.8. The summed E-state index contributed by atoms with van der Waals surface area (Å²) in [6.07, 6.45) is 4.60. The highest BCUT2D eigenvalue weighted by molar-refractivity contribution is 6.01. The summed E-state index contributed by atoms with van der Waals surface area (Å²) in [6, 6.07) is 12.6. The Labute approximate surface area is 171 Å². The summed E-state index contributed by atoms with van der Waals surface area (Å²) in [6.45, 7) is 4.09. The summed E-state index contributed by atoms with van der Waals surface area (Å²) < 4.78 is 13.4. The van der Waals surface area contributed by atoms with Crippen molar-refractivity contribution in [2.24, 2.45) is 0 Å². The van der Waals surface area contributed by atoms with Crippen molar-refractivity contribution in [2.45, 2.75) is 45.1 Å². The van der Waals surface area contributed by atoms with Crippen LogP contribution in [-0.2, 0) is 4.79 Å². The van der Waals surface area contributed by atoms with Crippen LogP contribution in [0.4, 0.5) is 15.8 Å². The standard InChI is InChI=1S/C23H28FN3O2/c1-2-3-12-21(26-22(28)17-8-6-9-18(24)15-17)23(29)25-19-10-7-11-20(16-19)27-13-4-5-14-27/h6-11,15-16,21H,2-5,12-14H2,1H3,(H,25,29)(H,26,28). The minimum Gasteiger partial charge on any atom is -0.371 e. The van der Waals surface area contributed by atoms with Crippen molar-refractivity contribution in [2.75, 3.05) is 23.3 Å². The van der Waals surface area contributed by atoms with Crippen molar-refractivity contribution in [1.82, 2.24) is 5.32 Å². The van der Waals surface area contributed by atoms with Gasteiger partial charge >= 0.3 is 0 Å². The molecule has 2 N–H and O–H groups in total. The molecular weight excluding hydrogens is 369 g/mol. The molecule has 0 saturated carbocycles. The molecule has 0 spiro atoms. The van der Waals surface area contributed by atoms with Crippen LogP contribution < -0.4 is 15.5 Å². The van der Waals surface area contributed by atoms with Gasteiger partial charge in [0, 0.05) is 30.0 Å². The van der Waals surface area contributed by atoms with Crippen LogP contribution >= 0.6 is 0 Å². The number of anilines is 2. The van der Waals surface area contributed by atoms with Crippen LogP contribution in [0.2, 0.25) is 0 Å². The van der Waals surface area contributed by atoms with E-state index < -0.39 is 17.8 Å². The van der Waals surface area contributed by atoms with E-state index in [9.17, 15) is 14.0 Å². The molecule has 0 radical (unpaired) electrons. The second-order valence-corrected chi connectivity index (χ2v) is 7.41. The van der Waals surface area contributed by atoms with Crippen LogP contribution in [0.25, 0.3) is 0 Å². The molecule has 5 nitrogen and oxygen atoms in total. The Bertz CT molecular complexity index is 850. The quantitative estimate of drug-likeness (QED) is 0.696. The van der Waals surface area contributed by atoms with E-state index in [1.165, 1.54) is 37.1 Å². The summed E-state index contributed by atoms with van der Waals surface area (Å²) in [5.41, 5.74) is 2.01. The van der Waals surface area contributed by atoms with E-state index in [1.807, 2.05) is 31.2 Å². The van der Waals surface area contributed by atoms with Crippen molar-refractivity contribution in [3.05, 3.63) is 59.9 Å². The van der Waals surface area contributed by atoms with Gasteiger partial charge in [0.05, 0.1) is 0 Å². The van der Waals surface area contributed by atoms with Crippen LogP contribution in [-0.4, -0.2) is 30.9 Å². The van der Waals surface area contributed by atoms with Crippen LogP contribution in [0.3, 0.4) is 0 Å². The van der Waals surface area contributed by atoms with Gasteiger partial charge in [0.15, 0.2) is 0 Å². The summed E-state index contributed by atoms with van der Waals surface area (Å²) in [4.78, 5) is 27.7. The first-order valence-electron chi connectivity index (χ1n) is 10.3. The molecule has 1 heterocycles. The van der Waals surface area contributed by atoms with E-state index >= 15 is 0 Å². The molecule has 1 saturated heterocycles. The number of carbonyl (C=O) groups excluding carboxylic acids is 2. The molecule has 2 aromatic rings. The molecule has 0 aromatic heterocycles. The Morgan fingerprint density at radius 1 is 1.10 bits per heavy atom. The number of rotatable bonds is 8. The van der Waals surface area contributed by atoms with E-state index in [4.69, 9.17) is 0 Å². The molecule has 2 aromatic carbocycles. The molecule has 154 valence electrons. The van der Waals surface area contributed by atoms with E-state index in [-0.39, 0.29) is 11.5 Å². The zero-order chi connectivity index (χ0) is 20.6. The topological polar surface area (TPSA) is 61.4 Å². The van der Waals surface area contributed by atoms with Crippen molar-refractivity contribution in [1.29, 1.82) is 0 Å². The average Bonchev–Trinajstić information content (AvgIpc) is 3.26. The minimum absolute atomic E-state index is 0.204. The molecule has 29 heavy (non-hydrogen) atoms. The van der Waals surface area contributed by atoms with Gasteiger partial charge in [-0.05, 0) is 55.7 Å². The third kappa shape index (κ3) is 5.79. The molecule has 3 rings (SSSR count). The highest BCUT2D eigenvalue weighted by atomic mass is 19.1. The van der Waals surface area contributed by atoms with Crippen molar-refractivity contribution >= 4 is 23.2 Å². The maximum absolute atomic E-state index is 13.4. The Morgan fingerprint density at radius 3 is 2.59 bits per heavy atom. The lowest BCUT2D eigenvalue weighted by atomic mass is 10.1. The molecule has 6 heteroatoms. The predicted molar refractivity (Wildman–Crippen MR) is 114 cm³/mol. The van der Waals surface area contributed by atoms with Gasteiger partial charge in [-0.2, -0.15) is 0 Å². The van der Waals surface area contributed by atoms with Crippen LogP contribution in [0.15, 0.2) is 48.5 Å². The number of carbonyl (C=O) groups is 2. The van der Waals surface area contributed by atoms with Crippen LogP contribution in [0.5, 0.6) is 0 Å². The summed E-state index contributed by atoms with van der Waals surface area (Å²) >= 11 is 0. The number of unbranched alkanes of at least 4 members (excludes halogenated alkanes) is 1. The largest absolute Gasteiger partial charge is 0.371 e. The van der Waals surface area contributed by atoms with E-state index in [2.05, 4.69) is 15.5 Å². The summed E-state index contributed by atoms with van der Waals surface area (Å²) in [5, 5.41) is 5.69. The van der Waals surface area contributed by atoms with Gasteiger partial charge in [-0.15, -0.1) is 0 Å². The Hall–Kier alpha value is -2.89. The number of nitrogens with one attached hydrogen (secondary N) is 2. The highest BCUT2D eigenvalue weighted by Gasteiger charge is 2.22. The first-order valence-corrected chi connectivity index (χ1v) is 10.3. The number of hydrogen-bond acceptors (Lipinski definition) is 3. The van der Waals surface area contributed by atoms with Crippen LogP contribution in [0.1, 0.15) is 49.4 Å². The smallest absolute Gasteiger partial charge is 0.252 e. The molecule has 0 bridgehead atoms. The molecule has 1 fully saturated rings. The van der Waals surface area contributed by atoms with Crippen LogP contribution in [0, 0.1) is 5.82 Å². The molecule has 1 unspecified atom stereocenters. The fourth-order valence-electron chi connectivity index (χ4n) is 3.53. The second kappa shape index (κ2) is 10.0. The molecule has 0 aliphatic carbocycles. The number of halogens is 1. The SMILES string of the molecule is CCCCC(NC(=O)c1cccc(F)c1)C(=O)Nc1cccc(N2CCCC2)c1. The first kappa shape index (κ1) is 20.8. The third-order valence-electron chi connectivity index (χ3n) is 5.14. The fraction of sp³-hybridized carbons (Fsp3) is 0.391. The van der Waals surface area contributed by atoms with Gasteiger partial charge in [-0.1, -0.05) is 31.9 Å². The Morgan fingerprint density at radius 2 is 1.86 bits per heavy atom. The van der Waals surface area contributed by atoms with Crippen molar-refractivity contribution in [3.8, 4) is 0 Å². The number of hydrogen-bond donors (Lipinski definition) is 2. The van der Waals surface area contributed by atoms with E-state index in [0.29, 0.717) is 12.1 Å². The van der Waals surface area contributed by atoms with Gasteiger partial charge in [0.1, 0.15) is 11.9 Å². The van der Waals surface area contributed by atoms with Gasteiger partial charge in [0.2, 0.25) is 5.91 Å². The number of benzene rings is 2. The van der Waals surface area contributed by atoms with Gasteiger partial charge < -0.3 is 15.5 Å². The van der Waals surface area contributed by atoms with Gasteiger partial charge in [-0.3, -0.25) is 9.59 Å².